The molecule has 0 saturated heterocycles. The number of rotatable bonds is 9. The van der Waals surface area contributed by atoms with Gasteiger partial charge in [0.1, 0.15) is 0 Å². The number of aliphatic carboxylic acids is 2. The summed E-state index contributed by atoms with van der Waals surface area (Å²) in [7, 11) is 0. The highest BCUT2D eigenvalue weighted by molar-refractivity contribution is 5.87. The topological polar surface area (TPSA) is 112 Å². The Morgan fingerprint density at radius 2 is 1.11 bits per heavy atom. The number of hydrogen-bond donors (Lipinski definition) is 3. The lowest BCUT2D eigenvalue weighted by atomic mass is 10.1. The molecule has 0 heterocycles. The van der Waals surface area contributed by atoms with Gasteiger partial charge < -0.3 is 15.3 Å². The van der Waals surface area contributed by atoms with E-state index in [1.165, 1.54) is 0 Å². The third-order valence-electron chi connectivity index (χ3n) is 3.36. The van der Waals surface area contributed by atoms with Gasteiger partial charge in [0.2, 0.25) is 0 Å². The predicted molar refractivity (Wildman–Crippen MR) is 106 cm³/mol. The highest BCUT2D eigenvalue weighted by Crippen LogP contribution is 2.05. The Labute approximate surface area is 162 Å². The molecular formula is C21H34O6. The van der Waals surface area contributed by atoms with Crippen molar-refractivity contribution < 1.29 is 29.7 Å². The number of aromatic carboxylic acids is 1. The van der Waals surface area contributed by atoms with Crippen molar-refractivity contribution in [3.63, 3.8) is 0 Å². The molecule has 0 aromatic heterocycles. The van der Waals surface area contributed by atoms with Crippen molar-refractivity contribution in [2.45, 2.75) is 66.2 Å². The molecule has 0 atom stereocenters. The van der Waals surface area contributed by atoms with Gasteiger partial charge in [0.05, 0.1) is 5.56 Å². The Bertz CT molecular complexity index is 499. The van der Waals surface area contributed by atoms with Crippen LogP contribution in [0.3, 0.4) is 0 Å². The van der Waals surface area contributed by atoms with Gasteiger partial charge in [0.25, 0.3) is 0 Å². The Balaban J connectivity index is 0. The lowest BCUT2D eigenvalue weighted by Crippen LogP contribution is -1.95. The minimum absolute atomic E-state index is 0.318. The second-order valence-corrected chi connectivity index (χ2v) is 7.03. The highest BCUT2D eigenvalue weighted by Gasteiger charge is 1.98. The van der Waals surface area contributed by atoms with E-state index in [2.05, 4.69) is 27.7 Å². The van der Waals surface area contributed by atoms with E-state index in [1.807, 2.05) is 0 Å². The van der Waals surface area contributed by atoms with Gasteiger partial charge in [-0.25, -0.2) is 4.79 Å². The van der Waals surface area contributed by atoms with Crippen LogP contribution in [-0.2, 0) is 9.59 Å². The Kier molecular flexibility index (Phi) is 17.0. The number of benzene rings is 1. The molecule has 0 radical (unpaired) electrons. The summed E-state index contributed by atoms with van der Waals surface area (Å²) in [6.07, 6.45) is 4.30. The van der Waals surface area contributed by atoms with Gasteiger partial charge in [0.15, 0.2) is 0 Å². The van der Waals surface area contributed by atoms with E-state index in [0.717, 1.165) is 25.7 Å². The van der Waals surface area contributed by atoms with Crippen molar-refractivity contribution in [3.8, 4) is 0 Å². The molecule has 3 N–H and O–H groups in total. The molecular weight excluding hydrogens is 348 g/mol. The van der Waals surface area contributed by atoms with E-state index in [-0.39, 0.29) is 0 Å². The van der Waals surface area contributed by atoms with Crippen LogP contribution >= 0.6 is 0 Å². The molecule has 1 rings (SSSR count). The van der Waals surface area contributed by atoms with Gasteiger partial charge in [-0.2, -0.15) is 0 Å². The molecule has 6 nitrogen and oxygen atoms in total. The van der Waals surface area contributed by atoms with Crippen LogP contribution in [0.2, 0.25) is 0 Å². The number of carboxylic acid groups (broad SMARTS) is 3. The molecule has 0 spiro atoms. The lowest BCUT2D eigenvalue weighted by Gasteiger charge is -1.99. The van der Waals surface area contributed by atoms with Gasteiger partial charge >= 0.3 is 17.9 Å². The third kappa shape index (κ3) is 23.6. The maximum atomic E-state index is 10.2. The van der Waals surface area contributed by atoms with Crippen molar-refractivity contribution in [1.29, 1.82) is 0 Å². The largest absolute Gasteiger partial charge is 0.481 e. The van der Waals surface area contributed by atoms with Crippen LogP contribution in [0.15, 0.2) is 30.3 Å². The van der Waals surface area contributed by atoms with Crippen molar-refractivity contribution in [2.75, 3.05) is 0 Å². The first kappa shape index (κ1) is 26.9. The molecule has 27 heavy (non-hydrogen) atoms. The summed E-state index contributed by atoms with van der Waals surface area (Å²) in [6, 6.07) is 8.30. The van der Waals surface area contributed by atoms with Crippen LogP contribution in [0.5, 0.6) is 0 Å². The smallest absolute Gasteiger partial charge is 0.335 e. The van der Waals surface area contributed by atoms with E-state index < -0.39 is 17.9 Å². The first-order valence-corrected chi connectivity index (χ1v) is 9.28. The lowest BCUT2D eigenvalue weighted by molar-refractivity contribution is -0.138. The fraction of sp³-hybridized carbons (Fsp3) is 0.571. The summed E-state index contributed by atoms with van der Waals surface area (Å²) in [6.45, 7) is 8.40. The summed E-state index contributed by atoms with van der Waals surface area (Å²) in [4.78, 5) is 30.2. The van der Waals surface area contributed by atoms with E-state index in [1.54, 1.807) is 30.3 Å². The van der Waals surface area contributed by atoms with E-state index >= 15 is 0 Å². The Hall–Kier alpha value is -2.37. The Morgan fingerprint density at radius 3 is 1.33 bits per heavy atom. The normalized spacial score (nSPS) is 9.70. The van der Waals surface area contributed by atoms with Crippen LogP contribution in [0.4, 0.5) is 0 Å². The monoisotopic (exact) mass is 382 g/mol. The maximum Gasteiger partial charge on any atom is 0.335 e. The fourth-order valence-electron chi connectivity index (χ4n) is 1.90. The number of hydrogen-bond acceptors (Lipinski definition) is 3. The summed E-state index contributed by atoms with van der Waals surface area (Å²) in [5, 5.41) is 24.8. The molecule has 1 aromatic rings. The van der Waals surface area contributed by atoms with Gasteiger partial charge in [-0.1, -0.05) is 58.7 Å². The quantitative estimate of drug-likeness (QED) is 0.542. The van der Waals surface area contributed by atoms with Crippen molar-refractivity contribution in [1.82, 2.24) is 0 Å². The standard InChI is InChI=1S/C7H6O2.2C7H14O2/c8-7(9)6-4-2-1-3-5-6;2*1-6(2)4-3-5-7(8)9/h1-5H,(H,8,9);2*6H,3-5H2,1-2H3,(H,8,9). The first-order valence-electron chi connectivity index (χ1n) is 9.28. The summed E-state index contributed by atoms with van der Waals surface area (Å²) in [5.41, 5.74) is 0.331. The minimum Gasteiger partial charge on any atom is -0.481 e. The summed E-state index contributed by atoms with van der Waals surface area (Å²) < 4.78 is 0. The van der Waals surface area contributed by atoms with Crippen molar-refractivity contribution >= 4 is 17.9 Å². The van der Waals surface area contributed by atoms with Gasteiger partial charge in [-0.3, -0.25) is 9.59 Å². The molecule has 6 heteroatoms. The molecule has 0 aliphatic heterocycles. The van der Waals surface area contributed by atoms with Gasteiger partial charge in [-0.15, -0.1) is 0 Å². The molecule has 154 valence electrons. The van der Waals surface area contributed by atoms with Crippen molar-refractivity contribution in [3.05, 3.63) is 35.9 Å². The van der Waals surface area contributed by atoms with E-state index in [9.17, 15) is 14.4 Å². The average Bonchev–Trinajstić information content (AvgIpc) is 2.55. The van der Waals surface area contributed by atoms with E-state index in [0.29, 0.717) is 30.2 Å². The molecule has 0 aliphatic carbocycles. The highest BCUT2D eigenvalue weighted by atomic mass is 16.4. The second-order valence-electron chi connectivity index (χ2n) is 7.03. The molecule has 0 fully saturated rings. The number of carboxylic acids is 3. The first-order chi connectivity index (χ1) is 12.6. The van der Waals surface area contributed by atoms with E-state index in [4.69, 9.17) is 15.3 Å². The zero-order valence-corrected chi connectivity index (χ0v) is 16.9. The van der Waals surface area contributed by atoms with Crippen LogP contribution < -0.4 is 0 Å². The minimum atomic E-state index is -0.879. The average molecular weight is 382 g/mol. The van der Waals surface area contributed by atoms with Crippen LogP contribution in [-0.4, -0.2) is 33.2 Å². The second kappa shape index (κ2) is 17.1. The summed E-state index contributed by atoms with van der Waals surface area (Å²) in [5.74, 6) is -0.990. The predicted octanol–water partition coefficient (Wildman–Crippen LogP) is 5.18. The number of carbonyl (C=O) groups is 3. The Morgan fingerprint density at radius 1 is 0.741 bits per heavy atom. The van der Waals surface area contributed by atoms with Crippen LogP contribution in [0.25, 0.3) is 0 Å². The zero-order chi connectivity index (χ0) is 21.2. The molecule has 0 amide bonds. The van der Waals surface area contributed by atoms with Gasteiger partial charge in [0, 0.05) is 12.8 Å². The van der Waals surface area contributed by atoms with Crippen molar-refractivity contribution in [2.24, 2.45) is 11.8 Å². The third-order valence-corrected chi connectivity index (χ3v) is 3.36. The molecule has 0 bridgehead atoms. The molecule has 0 unspecified atom stereocenters. The zero-order valence-electron chi connectivity index (χ0n) is 16.9. The molecule has 0 saturated carbocycles. The van der Waals surface area contributed by atoms with Crippen LogP contribution in [0, 0.1) is 11.8 Å². The molecule has 1 aromatic carbocycles. The SMILES string of the molecule is CC(C)CCCC(=O)O.CC(C)CCCC(=O)O.O=C(O)c1ccccc1. The molecule has 0 aliphatic rings. The maximum absolute atomic E-state index is 10.2. The van der Waals surface area contributed by atoms with Crippen LogP contribution in [0.1, 0.15) is 76.6 Å². The van der Waals surface area contributed by atoms with Gasteiger partial charge in [-0.05, 0) is 36.8 Å². The summed E-state index contributed by atoms with van der Waals surface area (Å²) >= 11 is 0. The fourth-order valence-corrected chi connectivity index (χ4v) is 1.90.